The van der Waals surface area contributed by atoms with Gasteiger partial charge in [0.05, 0.1) is 31.6 Å². The Morgan fingerprint density at radius 3 is 2.75 bits per heavy atom. The van der Waals surface area contributed by atoms with Gasteiger partial charge in [0.2, 0.25) is 0 Å². The summed E-state index contributed by atoms with van der Waals surface area (Å²) in [4.78, 5) is 14.0. The lowest BCUT2D eigenvalue weighted by Crippen LogP contribution is -2.28. The molecule has 0 spiro atoms. The minimum atomic E-state index is -0.217. The van der Waals surface area contributed by atoms with Crippen LogP contribution in [-0.4, -0.2) is 58.3 Å². The van der Waals surface area contributed by atoms with Crippen LogP contribution in [0.4, 0.5) is 5.69 Å². The molecule has 0 saturated heterocycles. The van der Waals surface area contributed by atoms with E-state index in [0.717, 1.165) is 6.54 Å². The van der Waals surface area contributed by atoms with E-state index in [4.69, 9.17) is 15.2 Å². The smallest absolute Gasteiger partial charge is 0.255 e. The summed E-state index contributed by atoms with van der Waals surface area (Å²) < 4.78 is 10.5. The highest BCUT2D eigenvalue weighted by Gasteiger charge is 2.13. The molecule has 20 heavy (non-hydrogen) atoms. The van der Waals surface area contributed by atoms with Gasteiger partial charge in [-0.15, -0.1) is 0 Å². The number of hydrogen-bond acceptors (Lipinski definition) is 5. The number of likely N-dealkylation sites (N-methyl/N-ethyl adjacent to an activating group) is 1. The van der Waals surface area contributed by atoms with Crippen molar-refractivity contribution < 1.29 is 14.3 Å². The van der Waals surface area contributed by atoms with Crippen molar-refractivity contribution in [3.05, 3.63) is 23.8 Å². The number of nitrogens with two attached hydrogens (primary N) is 1. The maximum Gasteiger partial charge on any atom is 0.255 e. The van der Waals surface area contributed by atoms with Gasteiger partial charge in [0.1, 0.15) is 0 Å². The SMILES string of the molecule is COc1c(N)cccc1C(=O)NCCOCCN(C)C. The number of benzene rings is 1. The van der Waals surface area contributed by atoms with Crippen LogP contribution in [0.1, 0.15) is 10.4 Å². The van der Waals surface area contributed by atoms with Crippen LogP contribution in [0.25, 0.3) is 0 Å². The Hall–Kier alpha value is -1.79. The molecular formula is C14H23N3O3. The Kier molecular flexibility index (Phi) is 6.83. The Morgan fingerprint density at radius 1 is 1.35 bits per heavy atom. The molecule has 3 N–H and O–H groups in total. The molecule has 0 saturated carbocycles. The third kappa shape index (κ3) is 5.07. The highest BCUT2D eigenvalue weighted by Crippen LogP contribution is 2.25. The van der Waals surface area contributed by atoms with E-state index in [1.807, 2.05) is 19.0 Å². The summed E-state index contributed by atoms with van der Waals surface area (Å²) in [6, 6.07) is 5.09. The molecule has 0 aliphatic carbocycles. The topological polar surface area (TPSA) is 76.8 Å². The summed E-state index contributed by atoms with van der Waals surface area (Å²) in [5.41, 5.74) is 6.64. The largest absolute Gasteiger partial charge is 0.494 e. The number of nitrogen functional groups attached to an aromatic ring is 1. The Bertz CT molecular complexity index is 436. The maximum atomic E-state index is 12.0. The van der Waals surface area contributed by atoms with E-state index in [9.17, 15) is 4.79 Å². The number of carbonyl (C=O) groups is 1. The van der Waals surface area contributed by atoms with Gasteiger partial charge >= 0.3 is 0 Å². The quantitative estimate of drug-likeness (QED) is 0.538. The number of carbonyl (C=O) groups excluding carboxylic acids is 1. The lowest BCUT2D eigenvalue weighted by atomic mass is 10.1. The first-order valence-corrected chi connectivity index (χ1v) is 6.49. The number of hydrogen-bond donors (Lipinski definition) is 2. The molecule has 112 valence electrons. The molecule has 1 aromatic rings. The van der Waals surface area contributed by atoms with Gasteiger partial charge in [0.25, 0.3) is 5.91 Å². The molecular weight excluding hydrogens is 258 g/mol. The number of ether oxygens (including phenoxy) is 2. The Labute approximate surface area is 119 Å². The molecule has 0 fully saturated rings. The lowest BCUT2D eigenvalue weighted by Gasteiger charge is -2.12. The van der Waals surface area contributed by atoms with Crippen molar-refractivity contribution in [2.24, 2.45) is 0 Å². The molecule has 0 aromatic heterocycles. The zero-order chi connectivity index (χ0) is 15.0. The highest BCUT2D eigenvalue weighted by atomic mass is 16.5. The fourth-order valence-corrected chi connectivity index (χ4v) is 1.64. The van der Waals surface area contributed by atoms with Gasteiger partial charge in [-0.3, -0.25) is 4.79 Å². The standard InChI is InChI=1S/C14H23N3O3/c1-17(2)8-10-20-9-7-16-14(18)11-5-4-6-12(15)13(11)19-3/h4-6H,7-10,15H2,1-3H3,(H,16,18). The third-order valence-corrected chi connectivity index (χ3v) is 2.71. The normalized spacial score (nSPS) is 10.6. The van der Waals surface area contributed by atoms with Crippen LogP contribution in [0.15, 0.2) is 18.2 Å². The average Bonchev–Trinajstić information content (AvgIpc) is 2.41. The predicted octanol–water partition coefficient (Wildman–Crippen LogP) is 0.585. The van der Waals surface area contributed by atoms with Gasteiger partial charge in [0, 0.05) is 13.1 Å². The van der Waals surface area contributed by atoms with Crippen molar-refractivity contribution >= 4 is 11.6 Å². The van der Waals surface area contributed by atoms with Gasteiger partial charge in [-0.25, -0.2) is 0 Å². The minimum Gasteiger partial charge on any atom is -0.494 e. The number of amides is 1. The molecule has 6 nitrogen and oxygen atoms in total. The molecule has 1 amide bonds. The van der Waals surface area contributed by atoms with Crippen molar-refractivity contribution in [2.45, 2.75) is 0 Å². The van der Waals surface area contributed by atoms with E-state index in [0.29, 0.717) is 36.8 Å². The van der Waals surface area contributed by atoms with Crippen LogP contribution < -0.4 is 15.8 Å². The molecule has 0 heterocycles. The number of methoxy groups -OCH3 is 1. The first-order chi connectivity index (χ1) is 9.56. The summed E-state index contributed by atoms with van der Waals surface area (Å²) >= 11 is 0. The molecule has 6 heteroatoms. The van der Waals surface area contributed by atoms with Crippen molar-refractivity contribution in [2.75, 3.05) is 53.2 Å². The number of nitrogens with one attached hydrogen (secondary N) is 1. The molecule has 0 atom stereocenters. The summed E-state index contributed by atoms with van der Waals surface area (Å²) in [5, 5.41) is 2.78. The van der Waals surface area contributed by atoms with Gasteiger partial charge in [0.15, 0.2) is 5.75 Å². The predicted molar refractivity (Wildman–Crippen MR) is 79.1 cm³/mol. The van der Waals surface area contributed by atoms with Crippen LogP contribution in [0.5, 0.6) is 5.75 Å². The maximum absolute atomic E-state index is 12.0. The van der Waals surface area contributed by atoms with E-state index in [2.05, 4.69) is 5.32 Å². The third-order valence-electron chi connectivity index (χ3n) is 2.71. The summed E-state index contributed by atoms with van der Waals surface area (Å²) in [5.74, 6) is 0.184. The fourth-order valence-electron chi connectivity index (χ4n) is 1.64. The van der Waals surface area contributed by atoms with E-state index in [1.54, 1.807) is 18.2 Å². The van der Waals surface area contributed by atoms with E-state index >= 15 is 0 Å². The molecule has 1 aromatic carbocycles. The lowest BCUT2D eigenvalue weighted by molar-refractivity contribution is 0.0897. The summed E-state index contributed by atoms with van der Waals surface area (Å²) in [6.45, 7) is 2.43. The molecule has 1 rings (SSSR count). The summed E-state index contributed by atoms with van der Waals surface area (Å²) in [7, 11) is 5.46. The summed E-state index contributed by atoms with van der Waals surface area (Å²) in [6.07, 6.45) is 0. The van der Waals surface area contributed by atoms with Crippen LogP contribution in [0.3, 0.4) is 0 Å². The molecule has 0 bridgehead atoms. The first kappa shape index (κ1) is 16.3. The highest BCUT2D eigenvalue weighted by molar-refractivity contribution is 5.98. The zero-order valence-electron chi connectivity index (χ0n) is 12.3. The van der Waals surface area contributed by atoms with Crippen LogP contribution in [-0.2, 0) is 4.74 Å². The van der Waals surface area contributed by atoms with Gasteiger partial charge in [-0.2, -0.15) is 0 Å². The van der Waals surface area contributed by atoms with Crippen molar-refractivity contribution in [3.63, 3.8) is 0 Å². The molecule has 0 aliphatic heterocycles. The second-order valence-electron chi connectivity index (χ2n) is 4.60. The second kappa shape index (κ2) is 8.39. The number of anilines is 1. The van der Waals surface area contributed by atoms with Crippen LogP contribution >= 0.6 is 0 Å². The zero-order valence-corrected chi connectivity index (χ0v) is 12.3. The number of rotatable bonds is 8. The van der Waals surface area contributed by atoms with Crippen molar-refractivity contribution in [3.8, 4) is 5.75 Å². The Balaban J connectivity index is 2.38. The van der Waals surface area contributed by atoms with Crippen molar-refractivity contribution in [1.29, 1.82) is 0 Å². The molecule has 0 aliphatic rings. The monoisotopic (exact) mass is 281 g/mol. The van der Waals surface area contributed by atoms with Crippen LogP contribution in [0.2, 0.25) is 0 Å². The van der Waals surface area contributed by atoms with Crippen molar-refractivity contribution in [1.82, 2.24) is 10.2 Å². The fraction of sp³-hybridized carbons (Fsp3) is 0.500. The number of para-hydroxylation sites is 1. The van der Waals surface area contributed by atoms with E-state index < -0.39 is 0 Å². The van der Waals surface area contributed by atoms with Gasteiger partial charge in [-0.1, -0.05) is 6.07 Å². The molecule has 0 unspecified atom stereocenters. The van der Waals surface area contributed by atoms with Gasteiger partial charge in [-0.05, 0) is 26.2 Å². The Morgan fingerprint density at radius 2 is 2.10 bits per heavy atom. The average molecular weight is 281 g/mol. The molecule has 0 radical (unpaired) electrons. The van der Waals surface area contributed by atoms with E-state index in [-0.39, 0.29) is 5.91 Å². The minimum absolute atomic E-state index is 0.217. The van der Waals surface area contributed by atoms with E-state index in [1.165, 1.54) is 7.11 Å². The number of nitrogens with zero attached hydrogens (tertiary/aromatic N) is 1. The van der Waals surface area contributed by atoms with Crippen LogP contribution in [0, 0.1) is 0 Å². The first-order valence-electron chi connectivity index (χ1n) is 6.49. The van der Waals surface area contributed by atoms with Gasteiger partial charge < -0.3 is 25.4 Å². The second-order valence-corrected chi connectivity index (χ2v) is 4.60.